The fraction of sp³-hybridized carbons (Fsp3) is 0.533. The Labute approximate surface area is 119 Å². The van der Waals surface area contributed by atoms with Gasteiger partial charge in [0.25, 0.3) is 0 Å². The van der Waals surface area contributed by atoms with Crippen LogP contribution < -0.4 is 5.73 Å². The van der Waals surface area contributed by atoms with Crippen LogP contribution in [0.15, 0.2) is 23.2 Å². The Hall–Kier alpha value is -1.62. The van der Waals surface area contributed by atoms with E-state index in [0.29, 0.717) is 18.1 Å². The van der Waals surface area contributed by atoms with Crippen molar-refractivity contribution >= 4 is 5.96 Å². The summed E-state index contributed by atoms with van der Waals surface area (Å²) < 4.78 is 18.5. The molecular weight excluding hydrogens is 257 g/mol. The van der Waals surface area contributed by atoms with Gasteiger partial charge in [0.2, 0.25) is 0 Å². The van der Waals surface area contributed by atoms with Gasteiger partial charge in [-0.2, -0.15) is 0 Å². The van der Waals surface area contributed by atoms with Crippen molar-refractivity contribution in [1.29, 1.82) is 0 Å². The van der Waals surface area contributed by atoms with Gasteiger partial charge in [-0.3, -0.25) is 0 Å². The molecule has 1 aromatic carbocycles. The van der Waals surface area contributed by atoms with Crippen molar-refractivity contribution in [3.8, 4) is 0 Å². The molecule has 1 fully saturated rings. The lowest BCUT2D eigenvalue weighted by Crippen LogP contribution is -2.40. The van der Waals surface area contributed by atoms with Crippen LogP contribution in [0.1, 0.15) is 30.4 Å². The predicted octanol–water partition coefficient (Wildman–Crippen LogP) is 2.27. The molecule has 0 unspecified atom stereocenters. The molecule has 0 atom stereocenters. The van der Waals surface area contributed by atoms with Gasteiger partial charge in [0.1, 0.15) is 5.82 Å². The summed E-state index contributed by atoms with van der Waals surface area (Å²) in [6.45, 7) is 2.70. The zero-order chi connectivity index (χ0) is 14.4. The highest BCUT2D eigenvalue weighted by atomic mass is 19.1. The minimum Gasteiger partial charge on any atom is -0.380 e. The Morgan fingerprint density at radius 3 is 2.80 bits per heavy atom. The van der Waals surface area contributed by atoms with E-state index < -0.39 is 0 Å². The summed E-state index contributed by atoms with van der Waals surface area (Å²) in [5.74, 6) is 0.339. The van der Waals surface area contributed by atoms with Crippen LogP contribution in [0.2, 0.25) is 0 Å². The molecule has 20 heavy (non-hydrogen) atoms. The third-order valence-electron chi connectivity index (χ3n) is 3.51. The topological polar surface area (TPSA) is 50.9 Å². The smallest absolute Gasteiger partial charge is 0.191 e. The van der Waals surface area contributed by atoms with Gasteiger partial charge in [-0.1, -0.05) is 6.07 Å². The summed E-state index contributed by atoms with van der Waals surface area (Å²) in [6, 6.07) is 4.98. The number of ether oxygens (including phenoxy) is 1. The van der Waals surface area contributed by atoms with E-state index in [-0.39, 0.29) is 12.4 Å². The molecule has 0 amide bonds. The summed E-state index contributed by atoms with van der Waals surface area (Å²) in [4.78, 5) is 6.52. The Morgan fingerprint density at radius 2 is 2.10 bits per heavy atom. The molecule has 0 saturated carbocycles. The van der Waals surface area contributed by atoms with Gasteiger partial charge in [0.15, 0.2) is 5.96 Å². The van der Waals surface area contributed by atoms with Crippen LogP contribution in [0.25, 0.3) is 0 Å². The molecule has 1 heterocycles. The highest BCUT2D eigenvalue weighted by Crippen LogP contribution is 2.13. The van der Waals surface area contributed by atoms with Gasteiger partial charge in [-0.05, 0) is 37.0 Å². The fourth-order valence-corrected chi connectivity index (χ4v) is 2.39. The van der Waals surface area contributed by atoms with Crippen LogP contribution in [0.3, 0.4) is 0 Å². The SMILES string of the molecule is COCc1cc(CN=C(N)N2CCCCC2)ccc1F. The second-order valence-electron chi connectivity index (χ2n) is 5.08. The number of halogens is 1. The van der Waals surface area contributed by atoms with E-state index in [4.69, 9.17) is 10.5 Å². The molecule has 0 aliphatic carbocycles. The van der Waals surface area contributed by atoms with Crippen LogP contribution in [0.5, 0.6) is 0 Å². The first-order valence-electron chi connectivity index (χ1n) is 7.02. The fourth-order valence-electron chi connectivity index (χ4n) is 2.39. The minimum absolute atomic E-state index is 0.247. The van der Waals surface area contributed by atoms with Crippen LogP contribution in [0, 0.1) is 5.82 Å². The van der Waals surface area contributed by atoms with Crippen molar-refractivity contribution < 1.29 is 9.13 Å². The summed E-state index contributed by atoms with van der Waals surface area (Å²) in [5.41, 5.74) is 7.50. The van der Waals surface area contributed by atoms with Crippen molar-refractivity contribution in [3.63, 3.8) is 0 Å². The molecular formula is C15H22FN3O. The molecule has 1 aliphatic rings. The third-order valence-corrected chi connectivity index (χ3v) is 3.51. The molecule has 1 aromatic rings. The molecule has 1 aliphatic heterocycles. The maximum absolute atomic E-state index is 13.5. The van der Waals surface area contributed by atoms with Gasteiger partial charge in [0, 0.05) is 25.8 Å². The maximum atomic E-state index is 13.5. The van der Waals surface area contributed by atoms with Crippen LogP contribution >= 0.6 is 0 Å². The standard InChI is InChI=1S/C15H22FN3O/c1-20-11-13-9-12(5-6-14(13)16)10-18-15(17)19-7-3-2-4-8-19/h5-6,9H,2-4,7-8,10-11H2,1H3,(H2,17,18). The molecule has 110 valence electrons. The van der Waals surface area contributed by atoms with Gasteiger partial charge >= 0.3 is 0 Å². The minimum atomic E-state index is -0.247. The number of rotatable bonds is 4. The van der Waals surface area contributed by atoms with E-state index in [0.717, 1.165) is 18.7 Å². The van der Waals surface area contributed by atoms with Gasteiger partial charge < -0.3 is 15.4 Å². The number of aliphatic imine (C=N–C) groups is 1. The van der Waals surface area contributed by atoms with E-state index in [1.165, 1.54) is 25.3 Å². The monoisotopic (exact) mass is 279 g/mol. The number of likely N-dealkylation sites (tertiary alicyclic amines) is 1. The molecule has 0 aromatic heterocycles. The summed E-state index contributed by atoms with van der Waals surface area (Å²) in [7, 11) is 1.55. The van der Waals surface area contributed by atoms with E-state index in [9.17, 15) is 4.39 Å². The maximum Gasteiger partial charge on any atom is 0.191 e. The molecule has 0 radical (unpaired) electrons. The number of nitrogens with zero attached hydrogens (tertiary/aromatic N) is 2. The third kappa shape index (κ3) is 3.93. The first-order valence-corrected chi connectivity index (χ1v) is 7.02. The average Bonchev–Trinajstić information content (AvgIpc) is 2.49. The van der Waals surface area contributed by atoms with Crippen molar-refractivity contribution in [2.45, 2.75) is 32.4 Å². The lowest BCUT2D eigenvalue weighted by Gasteiger charge is -2.27. The van der Waals surface area contributed by atoms with Gasteiger partial charge in [-0.15, -0.1) is 0 Å². The number of benzene rings is 1. The Kier molecular flexibility index (Phi) is 5.35. The molecule has 0 bridgehead atoms. The summed E-state index contributed by atoms with van der Waals surface area (Å²) >= 11 is 0. The zero-order valence-electron chi connectivity index (χ0n) is 11.9. The lowest BCUT2D eigenvalue weighted by atomic mass is 10.1. The number of guanidine groups is 1. The number of methoxy groups -OCH3 is 1. The normalized spacial score (nSPS) is 16.5. The Balaban J connectivity index is 2.00. The number of hydrogen-bond donors (Lipinski definition) is 1. The Bertz CT molecular complexity index is 470. The number of hydrogen-bond acceptors (Lipinski definition) is 2. The summed E-state index contributed by atoms with van der Waals surface area (Å²) in [5, 5.41) is 0. The predicted molar refractivity (Wildman–Crippen MR) is 77.9 cm³/mol. The molecule has 5 heteroatoms. The van der Waals surface area contributed by atoms with Gasteiger partial charge in [-0.25, -0.2) is 9.38 Å². The molecule has 0 spiro atoms. The van der Waals surface area contributed by atoms with E-state index in [1.54, 1.807) is 19.2 Å². The van der Waals surface area contributed by atoms with E-state index in [2.05, 4.69) is 9.89 Å². The van der Waals surface area contributed by atoms with Gasteiger partial charge in [0.05, 0.1) is 13.2 Å². The summed E-state index contributed by atoms with van der Waals surface area (Å²) in [6.07, 6.45) is 3.61. The molecule has 2 N–H and O–H groups in total. The first kappa shape index (κ1) is 14.8. The van der Waals surface area contributed by atoms with E-state index >= 15 is 0 Å². The largest absolute Gasteiger partial charge is 0.380 e. The highest BCUT2D eigenvalue weighted by Gasteiger charge is 2.11. The lowest BCUT2D eigenvalue weighted by molar-refractivity contribution is 0.181. The van der Waals surface area contributed by atoms with E-state index in [1.807, 2.05) is 0 Å². The molecule has 4 nitrogen and oxygen atoms in total. The Morgan fingerprint density at radius 1 is 1.35 bits per heavy atom. The molecule has 1 saturated heterocycles. The second-order valence-corrected chi connectivity index (χ2v) is 5.08. The number of piperidine rings is 1. The van der Waals surface area contributed by atoms with Crippen LogP contribution in [0.4, 0.5) is 4.39 Å². The first-order chi connectivity index (χ1) is 9.70. The van der Waals surface area contributed by atoms with Crippen molar-refractivity contribution in [1.82, 2.24) is 4.90 Å². The molecule has 2 rings (SSSR count). The second kappa shape index (κ2) is 7.24. The van der Waals surface area contributed by atoms with Crippen molar-refractivity contribution in [2.24, 2.45) is 10.7 Å². The average molecular weight is 279 g/mol. The zero-order valence-corrected chi connectivity index (χ0v) is 11.9. The number of nitrogens with two attached hydrogens (primary N) is 1. The van der Waals surface area contributed by atoms with Crippen LogP contribution in [-0.2, 0) is 17.9 Å². The highest BCUT2D eigenvalue weighted by molar-refractivity contribution is 5.78. The van der Waals surface area contributed by atoms with Crippen LogP contribution in [-0.4, -0.2) is 31.1 Å². The van der Waals surface area contributed by atoms with Crippen molar-refractivity contribution in [2.75, 3.05) is 20.2 Å². The quantitative estimate of drug-likeness (QED) is 0.679. The van der Waals surface area contributed by atoms with Crippen molar-refractivity contribution in [3.05, 3.63) is 35.1 Å².